The summed E-state index contributed by atoms with van der Waals surface area (Å²) in [7, 11) is 1.63. The normalized spacial score (nSPS) is 10.6. The molecule has 0 fully saturated rings. The highest BCUT2D eigenvalue weighted by Gasteiger charge is 2.14. The summed E-state index contributed by atoms with van der Waals surface area (Å²) in [5.41, 5.74) is 1.84. The van der Waals surface area contributed by atoms with Crippen molar-refractivity contribution < 1.29 is 9.53 Å². The second kappa shape index (κ2) is 6.65. The van der Waals surface area contributed by atoms with Gasteiger partial charge in [0.2, 0.25) is 0 Å². The molecule has 0 saturated carbocycles. The van der Waals surface area contributed by atoms with Crippen LogP contribution in [0.5, 0.6) is 5.75 Å². The van der Waals surface area contributed by atoms with Gasteiger partial charge >= 0.3 is 0 Å². The summed E-state index contributed by atoms with van der Waals surface area (Å²) >= 11 is 5.61. The molecule has 0 saturated heterocycles. The zero-order chi connectivity index (χ0) is 12.8. The molecule has 1 aromatic rings. The van der Waals surface area contributed by atoms with E-state index in [2.05, 4.69) is 13.8 Å². The van der Waals surface area contributed by atoms with E-state index in [1.54, 1.807) is 7.11 Å². The van der Waals surface area contributed by atoms with Gasteiger partial charge in [0.15, 0.2) is 5.78 Å². The Balaban J connectivity index is 3.01. The van der Waals surface area contributed by atoms with Gasteiger partial charge in [0.25, 0.3) is 0 Å². The van der Waals surface area contributed by atoms with Gasteiger partial charge in [0.1, 0.15) is 5.75 Å². The third kappa shape index (κ3) is 3.74. The molecule has 17 heavy (non-hydrogen) atoms. The van der Waals surface area contributed by atoms with Crippen LogP contribution in [0.1, 0.15) is 48.5 Å². The molecule has 0 aromatic heterocycles. The van der Waals surface area contributed by atoms with Crippen molar-refractivity contribution in [3.8, 4) is 5.75 Å². The highest BCUT2D eigenvalue weighted by atomic mass is 35.5. The SMILES string of the molecule is COc1ccc(C(=O)CCCCl)c(C(C)C)c1. The van der Waals surface area contributed by atoms with Gasteiger partial charge in [0, 0.05) is 17.9 Å². The summed E-state index contributed by atoms with van der Waals surface area (Å²) in [5, 5.41) is 0. The maximum atomic E-state index is 12.0. The Morgan fingerprint density at radius 2 is 2.12 bits per heavy atom. The lowest BCUT2D eigenvalue weighted by Crippen LogP contribution is -2.06. The van der Waals surface area contributed by atoms with Crippen LogP contribution < -0.4 is 4.74 Å². The minimum Gasteiger partial charge on any atom is -0.497 e. The molecule has 0 bridgehead atoms. The Kier molecular flexibility index (Phi) is 5.49. The van der Waals surface area contributed by atoms with E-state index in [4.69, 9.17) is 16.3 Å². The topological polar surface area (TPSA) is 26.3 Å². The van der Waals surface area contributed by atoms with Crippen LogP contribution >= 0.6 is 11.6 Å². The van der Waals surface area contributed by atoms with E-state index < -0.39 is 0 Å². The van der Waals surface area contributed by atoms with Crippen molar-refractivity contribution in [3.05, 3.63) is 29.3 Å². The summed E-state index contributed by atoms with van der Waals surface area (Å²) < 4.78 is 5.19. The van der Waals surface area contributed by atoms with Crippen LogP contribution in [0.25, 0.3) is 0 Å². The van der Waals surface area contributed by atoms with Gasteiger partial charge in [0.05, 0.1) is 7.11 Å². The van der Waals surface area contributed by atoms with Crippen LogP contribution in [0.3, 0.4) is 0 Å². The fourth-order valence-corrected chi connectivity index (χ4v) is 1.90. The van der Waals surface area contributed by atoms with E-state index in [-0.39, 0.29) is 5.78 Å². The highest BCUT2D eigenvalue weighted by Crippen LogP contribution is 2.26. The van der Waals surface area contributed by atoms with E-state index in [9.17, 15) is 4.79 Å². The number of carbonyl (C=O) groups is 1. The van der Waals surface area contributed by atoms with Crippen LogP contribution in [0.15, 0.2) is 18.2 Å². The molecule has 0 aliphatic rings. The minimum atomic E-state index is 0.164. The number of hydrogen-bond donors (Lipinski definition) is 0. The van der Waals surface area contributed by atoms with Crippen LogP contribution in [-0.2, 0) is 0 Å². The molecule has 1 aromatic carbocycles. The number of ketones is 1. The van der Waals surface area contributed by atoms with Gasteiger partial charge in [-0.25, -0.2) is 0 Å². The van der Waals surface area contributed by atoms with Crippen molar-refractivity contribution in [1.82, 2.24) is 0 Å². The zero-order valence-electron chi connectivity index (χ0n) is 10.6. The number of hydrogen-bond acceptors (Lipinski definition) is 2. The Morgan fingerprint density at radius 3 is 2.65 bits per heavy atom. The van der Waals surface area contributed by atoms with Gasteiger partial charge in [-0.1, -0.05) is 13.8 Å². The summed E-state index contributed by atoms with van der Waals surface area (Å²) in [6.45, 7) is 4.15. The number of benzene rings is 1. The molecule has 0 spiro atoms. The van der Waals surface area contributed by atoms with Crippen LogP contribution in [0.4, 0.5) is 0 Å². The van der Waals surface area contributed by atoms with Gasteiger partial charge < -0.3 is 4.74 Å². The second-order valence-corrected chi connectivity index (χ2v) is 4.70. The third-order valence-electron chi connectivity index (χ3n) is 2.72. The van der Waals surface area contributed by atoms with Crippen molar-refractivity contribution in [2.24, 2.45) is 0 Å². The lowest BCUT2D eigenvalue weighted by molar-refractivity contribution is 0.0980. The third-order valence-corrected chi connectivity index (χ3v) is 2.99. The molecule has 0 aliphatic carbocycles. The molecule has 0 aliphatic heterocycles. The Hall–Kier alpha value is -1.02. The maximum Gasteiger partial charge on any atom is 0.163 e. The Bertz CT molecular complexity index is 386. The summed E-state index contributed by atoms with van der Waals surface area (Å²) in [4.78, 5) is 12.0. The molecule has 0 atom stereocenters. The first-order valence-corrected chi connectivity index (χ1v) is 6.40. The summed E-state index contributed by atoms with van der Waals surface area (Å²) in [5.74, 6) is 1.79. The maximum absolute atomic E-state index is 12.0. The molecule has 3 heteroatoms. The average molecular weight is 255 g/mol. The predicted octanol–water partition coefficient (Wildman–Crippen LogP) is 4.02. The lowest BCUT2D eigenvalue weighted by atomic mass is 9.93. The zero-order valence-corrected chi connectivity index (χ0v) is 11.4. The van der Waals surface area contributed by atoms with Crippen LogP contribution in [-0.4, -0.2) is 18.8 Å². The fourth-order valence-electron chi connectivity index (χ4n) is 1.76. The summed E-state index contributed by atoms with van der Waals surface area (Å²) in [6, 6.07) is 5.63. The van der Waals surface area contributed by atoms with Crippen LogP contribution in [0, 0.1) is 0 Å². The van der Waals surface area contributed by atoms with Crippen molar-refractivity contribution >= 4 is 17.4 Å². The Morgan fingerprint density at radius 1 is 1.41 bits per heavy atom. The number of ether oxygens (including phenoxy) is 1. The quantitative estimate of drug-likeness (QED) is 0.566. The highest BCUT2D eigenvalue weighted by molar-refractivity contribution is 6.18. The molecular weight excluding hydrogens is 236 g/mol. The first kappa shape index (κ1) is 14.0. The van der Waals surface area contributed by atoms with Gasteiger partial charge in [-0.05, 0) is 36.1 Å². The molecule has 0 N–H and O–H groups in total. The van der Waals surface area contributed by atoms with E-state index >= 15 is 0 Å². The molecule has 0 unspecified atom stereocenters. The van der Waals surface area contributed by atoms with E-state index in [0.29, 0.717) is 18.2 Å². The summed E-state index contributed by atoms with van der Waals surface area (Å²) in [6.07, 6.45) is 1.24. The van der Waals surface area contributed by atoms with E-state index in [1.807, 2.05) is 18.2 Å². The number of alkyl halides is 1. The van der Waals surface area contributed by atoms with Gasteiger partial charge in [-0.2, -0.15) is 0 Å². The molecule has 1 rings (SSSR count). The molecule has 0 amide bonds. The van der Waals surface area contributed by atoms with E-state index in [1.165, 1.54) is 0 Å². The van der Waals surface area contributed by atoms with E-state index in [0.717, 1.165) is 23.3 Å². The Labute approximate surface area is 108 Å². The number of carbonyl (C=O) groups excluding carboxylic acids is 1. The van der Waals surface area contributed by atoms with Crippen molar-refractivity contribution in [1.29, 1.82) is 0 Å². The van der Waals surface area contributed by atoms with Crippen molar-refractivity contribution in [2.45, 2.75) is 32.6 Å². The first-order chi connectivity index (χ1) is 8.10. The largest absolute Gasteiger partial charge is 0.497 e. The number of halogens is 1. The molecular formula is C14H19ClO2. The van der Waals surface area contributed by atoms with Gasteiger partial charge in [-0.3, -0.25) is 4.79 Å². The predicted molar refractivity (Wildman–Crippen MR) is 71.4 cm³/mol. The standard InChI is InChI=1S/C14H19ClO2/c1-10(2)13-9-11(17-3)6-7-12(13)14(16)5-4-8-15/h6-7,9-10H,4-5,8H2,1-3H3. The molecule has 0 heterocycles. The molecule has 2 nitrogen and oxygen atoms in total. The second-order valence-electron chi connectivity index (χ2n) is 4.32. The van der Waals surface area contributed by atoms with Crippen molar-refractivity contribution in [3.63, 3.8) is 0 Å². The fraction of sp³-hybridized carbons (Fsp3) is 0.500. The number of rotatable bonds is 6. The smallest absolute Gasteiger partial charge is 0.163 e. The molecule has 0 radical (unpaired) electrons. The number of Topliss-reactive ketones (excluding diaryl/α,β-unsaturated/α-hetero) is 1. The minimum absolute atomic E-state index is 0.164. The molecule has 94 valence electrons. The van der Waals surface area contributed by atoms with Gasteiger partial charge in [-0.15, -0.1) is 11.6 Å². The van der Waals surface area contributed by atoms with Crippen molar-refractivity contribution in [2.75, 3.05) is 13.0 Å². The monoisotopic (exact) mass is 254 g/mol. The first-order valence-electron chi connectivity index (χ1n) is 5.87. The average Bonchev–Trinajstić information content (AvgIpc) is 2.35. The van der Waals surface area contributed by atoms with Crippen LogP contribution in [0.2, 0.25) is 0 Å². The number of methoxy groups -OCH3 is 1. The lowest BCUT2D eigenvalue weighted by Gasteiger charge is -2.13.